The van der Waals surface area contributed by atoms with Crippen LogP contribution in [-0.2, 0) is 0 Å². The molecule has 1 atom stereocenters. The Hall–Kier alpha value is -1.67. The lowest BCUT2D eigenvalue weighted by molar-refractivity contribution is -0.385. The number of nitrogens with one attached hydrogen (secondary N) is 1. The van der Waals surface area contributed by atoms with E-state index >= 15 is 0 Å². The van der Waals surface area contributed by atoms with Crippen molar-refractivity contribution in [1.82, 2.24) is 10.2 Å². The molecule has 5 nitrogen and oxygen atoms in total. The van der Waals surface area contributed by atoms with Gasteiger partial charge in [-0.2, -0.15) is 13.2 Å². The summed E-state index contributed by atoms with van der Waals surface area (Å²) in [7, 11) is 0. The molecule has 1 N–H and O–H groups in total. The molecule has 128 valence electrons. The number of alkyl halides is 3. The third-order valence-electron chi connectivity index (χ3n) is 4.11. The highest BCUT2D eigenvalue weighted by Gasteiger charge is 2.32. The number of nitro benzene ring substituents is 1. The molecule has 1 heterocycles. The van der Waals surface area contributed by atoms with Crippen molar-refractivity contribution in [3.63, 3.8) is 0 Å². The normalized spacial score (nSPS) is 17.9. The zero-order valence-electron chi connectivity index (χ0n) is 12.9. The first-order chi connectivity index (χ1) is 10.8. The van der Waals surface area contributed by atoms with Gasteiger partial charge in [-0.1, -0.05) is 12.1 Å². The van der Waals surface area contributed by atoms with E-state index in [1.165, 1.54) is 6.07 Å². The van der Waals surface area contributed by atoms with Crippen LogP contribution >= 0.6 is 0 Å². The highest BCUT2D eigenvalue weighted by atomic mass is 19.4. The summed E-state index contributed by atoms with van der Waals surface area (Å²) in [6, 6.07) is 4.26. The van der Waals surface area contributed by atoms with Gasteiger partial charge in [0.1, 0.15) is 0 Å². The number of hydrogen-bond donors (Lipinski definition) is 1. The Morgan fingerprint density at radius 3 is 2.57 bits per heavy atom. The van der Waals surface area contributed by atoms with Gasteiger partial charge in [-0.3, -0.25) is 15.0 Å². The van der Waals surface area contributed by atoms with Gasteiger partial charge in [-0.15, -0.1) is 0 Å². The van der Waals surface area contributed by atoms with Crippen molar-refractivity contribution in [3.8, 4) is 0 Å². The molecule has 0 amide bonds. The summed E-state index contributed by atoms with van der Waals surface area (Å²) in [6.45, 7) is 4.29. The van der Waals surface area contributed by atoms with Crippen LogP contribution < -0.4 is 5.32 Å². The maximum Gasteiger partial charge on any atom is 0.389 e. The van der Waals surface area contributed by atoms with Crippen LogP contribution in [0.4, 0.5) is 18.9 Å². The molecule has 1 fully saturated rings. The summed E-state index contributed by atoms with van der Waals surface area (Å²) in [5.41, 5.74) is 1.04. The molecule has 1 aromatic carbocycles. The molecular formula is C15H20F3N3O2. The highest BCUT2D eigenvalue weighted by molar-refractivity contribution is 5.43. The maximum absolute atomic E-state index is 12.6. The lowest BCUT2D eigenvalue weighted by Crippen LogP contribution is -2.45. The Bertz CT molecular complexity index is 557. The Morgan fingerprint density at radius 2 is 2.00 bits per heavy atom. The minimum atomic E-state index is -4.23. The first-order valence-corrected chi connectivity index (χ1v) is 7.54. The largest absolute Gasteiger partial charge is 0.389 e. The lowest BCUT2D eigenvalue weighted by Gasteiger charge is -2.35. The van der Waals surface area contributed by atoms with Crippen LogP contribution in [0.15, 0.2) is 18.2 Å². The standard InChI is InChI=1S/C15H20F3N3O2/c1-11-2-3-12(10-14(11)21(22)23)13(4-5-15(16,17)18)20-8-6-19-7-9-20/h2-3,10,13,19H,4-9H2,1H3/t13-/m1/s1. The first-order valence-electron chi connectivity index (χ1n) is 7.54. The summed E-state index contributed by atoms with van der Waals surface area (Å²) in [5.74, 6) is 0. The van der Waals surface area contributed by atoms with Crippen LogP contribution in [-0.4, -0.2) is 42.2 Å². The second-order valence-corrected chi connectivity index (χ2v) is 5.76. The monoisotopic (exact) mass is 331 g/mol. The Kier molecular flexibility index (Phi) is 5.59. The molecule has 2 rings (SSSR count). The number of nitrogens with zero attached hydrogens (tertiary/aromatic N) is 2. The van der Waals surface area contributed by atoms with Crippen molar-refractivity contribution < 1.29 is 18.1 Å². The fourth-order valence-electron chi connectivity index (χ4n) is 2.88. The van der Waals surface area contributed by atoms with Gasteiger partial charge in [-0.05, 0) is 18.9 Å². The summed E-state index contributed by atoms with van der Waals surface area (Å²) in [4.78, 5) is 12.6. The molecule has 0 saturated carbocycles. The topological polar surface area (TPSA) is 58.4 Å². The number of rotatable bonds is 5. The van der Waals surface area contributed by atoms with Crippen molar-refractivity contribution in [1.29, 1.82) is 0 Å². The molecule has 1 saturated heterocycles. The van der Waals surface area contributed by atoms with Crippen molar-refractivity contribution in [2.75, 3.05) is 26.2 Å². The number of piperazine rings is 1. The van der Waals surface area contributed by atoms with Crippen LogP contribution in [0.2, 0.25) is 0 Å². The Morgan fingerprint density at radius 1 is 1.35 bits per heavy atom. The second kappa shape index (κ2) is 7.27. The van der Waals surface area contributed by atoms with Crippen molar-refractivity contribution >= 4 is 5.69 Å². The third kappa shape index (κ3) is 4.90. The summed E-state index contributed by atoms with van der Waals surface area (Å²) < 4.78 is 37.9. The molecule has 8 heteroatoms. The van der Waals surface area contributed by atoms with Crippen LogP contribution in [0.3, 0.4) is 0 Å². The van der Waals surface area contributed by atoms with E-state index in [9.17, 15) is 23.3 Å². The minimum Gasteiger partial charge on any atom is -0.314 e. The fraction of sp³-hybridized carbons (Fsp3) is 0.600. The van der Waals surface area contributed by atoms with E-state index in [1.807, 2.05) is 4.90 Å². The van der Waals surface area contributed by atoms with Gasteiger partial charge in [0, 0.05) is 50.3 Å². The summed E-state index contributed by atoms with van der Waals surface area (Å²) >= 11 is 0. The quantitative estimate of drug-likeness (QED) is 0.665. The number of benzene rings is 1. The molecule has 1 aliphatic rings. The van der Waals surface area contributed by atoms with E-state index in [-0.39, 0.29) is 12.1 Å². The van der Waals surface area contributed by atoms with Crippen LogP contribution in [0.5, 0.6) is 0 Å². The van der Waals surface area contributed by atoms with Crippen LogP contribution in [0.1, 0.15) is 30.0 Å². The number of hydrogen-bond acceptors (Lipinski definition) is 4. The van der Waals surface area contributed by atoms with E-state index < -0.39 is 23.6 Å². The zero-order chi connectivity index (χ0) is 17.0. The van der Waals surface area contributed by atoms with E-state index in [0.717, 1.165) is 0 Å². The molecule has 0 aromatic heterocycles. The summed E-state index contributed by atoms with van der Waals surface area (Å²) in [6.07, 6.45) is -5.23. The van der Waals surface area contributed by atoms with E-state index in [0.29, 0.717) is 37.3 Å². The van der Waals surface area contributed by atoms with Gasteiger partial charge in [-0.25, -0.2) is 0 Å². The predicted octanol–water partition coefficient (Wildman–Crippen LogP) is 3.19. The lowest BCUT2D eigenvalue weighted by atomic mass is 9.97. The smallest absolute Gasteiger partial charge is 0.314 e. The average molecular weight is 331 g/mol. The fourth-order valence-corrected chi connectivity index (χ4v) is 2.88. The average Bonchev–Trinajstić information content (AvgIpc) is 2.48. The molecule has 23 heavy (non-hydrogen) atoms. The number of nitro groups is 1. The van der Waals surface area contributed by atoms with Gasteiger partial charge in [0.15, 0.2) is 0 Å². The van der Waals surface area contributed by atoms with Gasteiger partial charge in [0.05, 0.1) is 4.92 Å². The number of halogens is 3. The second-order valence-electron chi connectivity index (χ2n) is 5.76. The molecule has 0 bridgehead atoms. The molecule has 1 aromatic rings. The van der Waals surface area contributed by atoms with Gasteiger partial charge in [0.25, 0.3) is 5.69 Å². The van der Waals surface area contributed by atoms with Gasteiger partial charge >= 0.3 is 6.18 Å². The first kappa shape index (κ1) is 17.7. The molecule has 0 radical (unpaired) electrons. The van der Waals surface area contributed by atoms with Gasteiger partial charge in [0.2, 0.25) is 0 Å². The number of aryl methyl sites for hydroxylation is 1. The van der Waals surface area contributed by atoms with Crippen LogP contribution in [0.25, 0.3) is 0 Å². The van der Waals surface area contributed by atoms with Crippen molar-refractivity contribution in [2.24, 2.45) is 0 Å². The molecule has 0 unspecified atom stereocenters. The summed E-state index contributed by atoms with van der Waals surface area (Å²) in [5, 5.41) is 14.3. The van der Waals surface area contributed by atoms with E-state index in [1.54, 1.807) is 19.1 Å². The Labute approximate surface area is 132 Å². The molecule has 0 spiro atoms. The third-order valence-corrected chi connectivity index (χ3v) is 4.11. The van der Waals surface area contributed by atoms with E-state index in [2.05, 4.69) is 5.32 Å². The highest BCUT2D eigenvalue weighted by Crippen LogP contribution is 2.33. The maximum atomic E-state index is 12.6. The predicted molar refractivity (Wildman–Crippen MR) is 80.3 cm³/mol. The molecule has 1 aliphatic heterocycles. The van der Waals surface area contributed by atoms with E-state index in [4.69, 9.17) is 0 Å². The molecular weight excluding hydrogens is 311 g/mol. The van der Waals surface area contributed by atoms with Crippen molar-refractivity contribution in [2.45, 2.75) is 32.0 Å². The zero-order valence-corrected chi connectivity index (χ0v) is 12.9. The SMILES string of the molecule is Cc1ccc([C@@H](CCC(F)(F)F)N2CCNCC2)cc1[N+](=O)[O-]. The minimum absolute atomic E-state index is 0.0466. The van der Waals surface area contributed by atoms with Crippen LogP contribution in [0, 0.1) is 17.0 Å². The van der Waals surface area contributed by atoms with Crippen molar-refractivity contribution in [3.05, 3.63) is 39.4 Å². The van der Waals surface area contributed by atoms with Gasteiger partial charge < -0.3 is 5.32 Å². The molecule has 0 aliphatic carbocycles. The Balaban J connectivity index is 2.28.